The molecule has 16 heavy (non-hydrogen) atoms. The summed E-state index contributed by atoms with van der Waals surface area (Å²) in [5, 5.41) is 0. The number of hydrogen-bond acceptors (Lipinski definition) is 0. The van der Waals surface area contributed by atoms with Crippen LogP contribution in [0.4, 0.5) is 0 Å². The predicted octanol–water partition coefficient (Wildman–Crippen LogP) is 4.76. The van der Waals surface area contributed by atoms with Gasteiger partial charge in [-0.1, -0.05) is 63.3 Å². The number of rotatable bonds is 5. The summed E-state index contributed by atoms with van der Waals surface area (Å²) in [4.78, 5) is 0. The molecule has 0 aromatic heterocycles. The fourth-order valence-electron chi connectivity index (χ4n) is 2.83. The number of benzene rings is 1. The molecular formula is C16H24. The van der Waals surface area contributed by atoms with Gasteiger partial charge in [0, 0.05) is 0 Å². The summed E-state index contributed by atoms with van der Waals surface area (Å²) in [6.07, 6.45) is 11.1. The van der Waals surface area contributed by atoms with Gasteiger partial charge in [0.05, 0.1) is 0 Å². The smallest absolute Gasteiger partial charge is 0.0276 e. The third-order valence-corrected chi connectivity index (χ3v) is 3.88. The van der Waals surface area contributed by atoms with E-state index in [0.717, 1.165) is 5.92 Å². The Bertz CT molecular complexity index is 290. The molecule has 0 nitrogen and oxygen atoms in total. The van der Waals surface area contributed by atoms with E-state index in [2.05, 4.69) is 31.2 Å². The van der Waals surface area contributed by atoms with Gasteiger partial charge in [0.25, 0.3) is 0 Å². The monoisotopic (exact) mass is 216 g/mol. The molecule has 0 atom stereocenters. The van der Waals surface area contributed by atoms with Crippen LogP contribution in [-0.4, -0.2) is 0 Å². The van der Waals surface area contributed by atoms with Gasteiger partial charge in [0.15, 0.2) is 0 Å². The van der Waals surface area contributed by atoms with Crippen LogP contribution in [0.3, 0.4) is 0 Å². The highest BCUT2D eigenvalue weighted by Gasteiger charge is 2.14. The molecule has 88 valence electrons. The van der Waals surface area contributed by atoms with Crippen LogP contribution < -0.4 is 0 Å². The normalized spacial score (nSPS) is 16.8. The third kappa shape index (κ3) is 3.37. The van der Waals surface area contributed by atoms with Gasteiger partial charge < -0.3 is 0 Å². The fraction of sp³-hybridized carbons (Fsp3) is 0.625. The lowest BCUT2D eigenvalue weighted by atomic mass is 9.97. The van der Waals surface area contributed by atoms with Crippen molar-refractivity contribution in [1.82, 2.24) is 0 Å². The largest absolute Gasteiger partial charge is 0.0651 e. The van der Waals surface area contributed by atoms with Crippen molar-refractivity contribution >= 4 is 0 Å². The second kappa shape index (κ2) is 6.08. The molecule has 0 heteroatoms. The van der Waals surface area contributed by atoms with Gasteiger partial charge in [-0.25, -0.2) is 0 Å². The SMILES string of the molecule is CCCc1ccc(CCC2CCCC2)cc1. The van der Waals surface area contributed by atoms with Crippen molar-refractivity contribution in [1.29, 1.82) is 0 Å². The molecule has 0 spiro atoms. The molecule has 0 aliphatic heterocycles. The maximum Gasteiger partial charge on any atom is -0.0276 e. The molecule has 1 aliphatic rings. The maximum atomic E-state index is 2.33. The highest BCUT2D eigenvalue weighted by Crippen LogP contribution is 2.28. The van der Waals surface area contributed by atoms with Crippen molar-refractivity contribution in [3.63, 3.8) is 0 Å². The second-order valence-electron chi connectivity index (χ2n) is 5.26. The molecule has 2 rings (SSSR count). The highest BCUT2D eigenvalue weighted by molar-refractivity contribution is 5.22. The lowest BCUT2D eigenvalue weighted by molar-refractivity contribution is 0.504. The molecule has 1 saturated carbocycles. The van der Waals surface area contributed by atoms with E-state index >= 15 is 0 Å². The Morgan fingerprint density at radius 1 is 0.938 bits per heavy atom. The number of aryl methyl sites for hydroxylation is 2. The van der Waals surface area contributed by atoms with Crippen LogP contribution in [0.25, 0.3) is 0 Å². The average Bonchev–Trinajstić information content (AvgIpc) is 2.82. The zero-order chi connectivity index (χ0) is 11.2. The van der Waals surface area contributed by atoms with Crippen LogP contribution in [0.15, 0.2) is 24.3 Å². The highest BCUT2D eigenvalue weighted by atomic mass is 14.2. The van der Waals surface area contributed by atoms with E-state index in [1.807, 2.05) is 0 Å². The van der Waals surface area contributed by atoms with Crippen LogP contribution >= 0.6 is 0 Å². The minimum atomic E-state index is 1.02. The first kappa shape index (κ1) is 11.7. The van der Waals surface area contributed by atoms with Crippen molar-refractivity contribution in [3.05, 3.63) is 35.4 Å². The lowest BCUT2D eigenvalue weighted by Crippen LogP contribution is -1.96. The first-order chi connectivity index (χ1) is 7.88. The lowest BCUT2D eigenvalue weighted by Gasteiger charge is -2.08. The number of hydrogen-bond donors (Lipinski definition) is 0. The zero-order valence-electron chi connectivity index (χ0n) is 10.5. The van der Waals surface area contributed by atoms with E-state index in [1.54, 1.807) is 0 Å². The Morgan fingerprint density at radius 3 is 2.06 bits per heavy atom. The van der Waals surface area contributed by atoms with Crippen LogP contribution in [0.5, 0.6) is 0 Å². The standard InChI is InChI=1S/C16H24/c1-2-5-14-8-11-16(12-9-14)13-10-15-6-3-4-7-15/h8-9,11-12,15H,2-7,10,13H2,1H3. The van der Waals surface area contributed by atoms with E-state index in [-0.39, 0.29) is 0 Å². The molecule has 0 saturated heterocycles. The summed E-state index contributed by atoms with van der Waals surface area (Å²) in [5.41, 5.74) is 3.03. The topological polar surface area (TPSA) is 0 Å². The Labute approximate surface area is 100 Å². The molecule has 1 aliphatic carbocycles. The molecule has 0 heterocycles. The molecule has 1 fully saturated rings. The van der Waals surface area contributed by atoms with Gasteiger partial charge >= 0.3 is 0 Å². The Morgan fingerprint density at radius 2 is 1.50 bits per heavy atom. The molecule has 0 amide bonds. The van der Waals surface area contributed by atoms with Crippen molar-refractivity contribution in [3.8, 4) is 0 Å². The fourth-order valence-corrected chi connectivity index (χ4v) is 2.83. The average molecular weight is 216 g/mol. The quantitative estimate of drug-likeness (QED) is 0.665. The van der Waals surface area contributed by atoms with Gasteiger partial charge in [-0.2, -0.15) is 0 Å². The van der Waals surface area contributed by atoms with Crippen molar-refractivity contribution in [2.45, 2.75) is 58.3 Å². The minimum absolute atomic E-state index is 1.02. The van der Waals surface area contributed by atoms with Gasteiger partial charge in [-0.05, 0) is 36.3 Å². The van der Waals surface area contributed by atoms with Crippen LogP contribution in [0.2, 0.25) is 0 Å². The first-order valence-corrected chi connectivity index (χ1v) is 6.96. The summed E-state index contributed by atoms with van der Waals surface area (Å²) in [5.74, 6) is 1.02. The van der Waals surface area contributed by atoms with Gasteiger partial charge in [-0.15, -0.1) is 0 Å². The second-order valence-corrected chi connectivity index (χ2v) is 5.26. The van der Waals surface area contributed by atoms with Crippen molar-refractivity contribution < 1.29 is 0 Å². The summed E-state index contributed by atoms with van der Waals surface area (Å²) in [7, 11) is 0. The molecule has 1 aromatic rings. The zero-order valence-corrected chi connectivity index (χ0v) is 10.5. The predicted molar refractivity (Wildman–Crippen MR) is 70.7 cm³/mol. The van der Waals surface area contributed by atoms with E-state index in [4.69, 9.17) is 0 Å². The molecule has 1 aromatic carbocycles. The molecular weight excluding hydrogens is 192 g/mol. The Balaban J connectivity index is 1.80. The van der Waals surface area contributed by atoms with Crippen LogP contribution in [0.1, 0.15) is 56.6 Å². The van der Waals surface area contributed by atoms with Crippen LogP contribution in [0, 0.1) is 5.92 Å². The maximum absolute atomic E-state index is 2.33. The summed E-state index contributed by atoms with van der Waals surface area (Å²) in [6, 6.07) is 9.29. The summed E-state index contributed by atoms with van der Waals surface area (Å²) < 4.78 is 0. The van der Waals surface area contributed by atoms with E-state index < -0.39 is 0 Å². The van der Waals surface area contributed by atoms with Gasteiger partial charge in [-0.3, -0.25) is 0 Å². The van der Waals surface area contributed by atoms with Gasteiger partial charge in [0.1, 0.15) is 0 Å². The van der Waals surface area contributed by atoms with Crippen molar-refractivity contribution in [2.24, 2.45) is 5.92 Å². The molecule has 0 unspecified atom stereocenters. The Kier molecular flexibility index (Phi) is 4.44. The van der Waals surface area contributed by atoms with E-state index in [9.17, 15) is 0 Å². The van der Waals surface area contributed by atoms with E-state index in [1.165, 1.54) is 62.5 Å². The Hall–Kier alpha value is -0.780. The van der Waals surface area contributed by atoms with E-state index in [0.29, 0.717) is 0 Å². The molecule has 0 N–H and O–H groups in total. The molecule has 0 radical (unpaired) electrons. The van der Waals surface area contributed by atoms with Crippen molar-refractivity contribution in [2.75, 3.05) is 0 Å². The third-order valence-electron chi connectivity index (χ3n) is 3.88. The summed E-state index contributed by atoms with van der Waals surface area (Å²) >= 11 is 0. The molecule has 0 bridgehead atoms. The van der Waals surface area contributed by atoms with Gasteiger partial charge in [0.2, 0.25) is 0 Å². The van der Waals surface area contributed by atoms with Crippen LogP contribution in [-0.2, 0) is 12.8 Å². The summed E-state index contributed by atoms with van der Waals surface area (Å²) in [6.45, 7) is 2.24. The minimum Gasteiger partial charge on any atom is -0.0651 e. The first-order valence-electron chi connectivity index (χ1n) is 6.96.